The van der Waals surface area contributed by atoms with E-state index in [1.807, 2.05) is 0 Å². The molecule has 0 aromatic heterocycles. The van der Waals surface area contributed by atoms with Crippen LogP contribution in [0, 0.1) is 0 Å². The predicted octanol–water partition coefficient (Wildman–Crippen LogP) is 0.928. The van der Waals surface area contributed by atoms with E-state index in [0.29, 0.717) is 4.28 Å². The minimum Gasteiger partial charge on any atom is -0.389 e. The van der Waals surface area contributed by atoms with Crippen molar-refractivity contribution in [2.24, 2.45) is 0 Å². The quantitative estimate of drug-likeness (QED) is 0.645. The summed E-state index contributed by atoms with van der Waals surface area (Å²) in [5, 5.41) is 13.9. The monoisotopic (exact) mass is 197 g/mol. The molecule has 1 aliphatic heterocycles. The summed E-state index contributed by atoms with van der Waals surface area (Å²) in [6.07, 6.45) is 6.29. The van der Waals surface area contributed by atoms with Crippen LogP contribution >= 0.6 is 0 Å². The maximum absolute atomic E-state index is 10.6. The lowest BCUT2D eigenvalue weighted by molar-refractivity contribution is 0.0117. The van der Waals surface area contributed by atoms with Gasteiger partial charge in [-0.3, -0.25) is 0 Å². The second kappa shape index (κ2) is 3.55. The van der Waals surface area contributed by atoms with Gasteiger partial charge >= 0.3 is 0 Å². The number of nitrogens with one attached hydrogen (secondary N) is 1. The fraction of sp³-hybridized carbons (Fsp3) is 1.00. The Labute approximate surface area is 86.8 Å². The molecule has 2 rings (SSSR count). The van der Waals surface area contributed by atoms with Crippen LogP contribution in [0.2, 0.25) is 10.1 Å². The smallest absolute Gasteiger partial charge is 0.246 e. The van der Waals surface area contributed by atoms with Gasteiger partial charge in [-0.25, -0.2) is 0 Å². The highest BCUT2D eigenvalue weighted by atomic mass is 27.1. The Morgan fingerprint density at radius 3 is 2.38 bits per heavy atom. The molecule has 74 valence electrons. The molecule has 1 heterocycles. The van der Waals surface area contributed by atoms with E-state index in [2.05, 4.69) is 11.1 Å². The largest absolute Gasteiger partial charge is 0.389 e. The highest BCUT2D eigenvalue weighted by Crippen LogP contribution is 2.54. The van der Waals surface area contributed by atoms with Gasteiger partial charge < -0.3 is 10.4 Å². The van der Waals surface area contributed by atoms with Crippen LogP contribution in [0.5, 0.6) is 0 Å². The van der Waals surface area contributed by atoms with Crippen LogP contribution in [0.15, 0.2) is 0 Å². The van der Waals surface area contributed by atoms with E-state index >= 15 is 0 Å². The Balaban J connectivity index is 2.18. The molecule has 2 aliphatic rings. The normalized spacial score (nSPS) is 38.0. The molecule has 0 aromatic carbocycles. The van der Waals surface area contributed by atoms with Gasteiger partial charge in [0.1, 0.15) is 0 Å². The Bertz CT molecular complexity index is 183. The minimum atomic E-state index is -0.329. The van der Waals surface area contributed by atoms with Crippen molar-refractivity contribution in [3.63, 3.8) is 0 Å². The number of hydrogen-bond acceptors (Lipinski definition) is 2. The summed E-state index contributed by atoms with van der Waals surface area (Å²) in [6, 6.07) is 0. The van der Waals surface area contributed by atoms with Crippen molar-refractivity contribution in [2.45, 2.75) is 47.8 Å². The maximum Gasteiger partial charge on any atom is 0.246 e. The molecular formula is C10H20AlNO. The third-order valence-electron chi connectivity index (χ3n) is 4.36. The lowest BCUT2D eigenvalue weighted by Gasteiger charge is -2.42. The van der Waals surface area contributed by atoms with E-state index in [4.69, 9.17) is 0 Å². The molecule has 1 atom stereocenters. The number of β-amino-alcohol motifs (C(OH)–C–C–N with tert-alkyl or cyclic N) is 1. The highest BCUT2D eigenvalue weighted by molar-refractivity contribution is 6.39. The number of hydrogen-bond donors (Lipinski definition) is 2. The molecule has 13 heavy (non-hydrogen) atoms. The molecule has 1 aliphatic carbocycles. The van der Waals surface area contributed by atoms with Crippen LogP contribution < -0.4 is 5.32 Å². The van der Waals surface area contributed by atoms with Crippen molar-refractivity contribution in [1.29, 1.82) is 0 Å². The second-order valence-corrected chi connectivity index (χ2v) is 6.86. The number of rotatable bonds is 2. The van der Waals surface area contributed by atoms with Gasteiger partial charge in [0.05, 0.1) is 5.60 Å². The van der Waals surface area contributed by atoms with Gasteiger partial charge in [0.2, 0.25) is 15.2 Å². The summed E-state index contributed by atoms with van der Waals surface area (Å²) in [7, 11) is 0. The summed E-state index contributed by atoms with van der Waals surface area (Å²) in [5.41, 5.74) is -0.329. The van der Waals surface area contributed by atoms with E-state index in [1.54, 1.807) is 0 Å². The van der Waals surface area contributed by atoms with Crippen LogP contribution in [0.3, 0.4) is 0 Å². The van der Waals surface area contributed by atoms with Crippen molar-refractivity contribution in [3.8, 4) is 0 Å². The Morgan fingerprint density at radius 1 is 1.23 bits per heavy atom. The molecule has 0 unspecified atom stereocenters. The van der Waals surface area contributed by atoms with Crippen molar-refractivity contribution >= 4 is 15.2 Å². The minimum absolute atomic E-state index is 0.0925. The fourth-order valence-corrected chi connectivity index (χ4v) is 5.50. The SMILES string of the molecule is [CH3][AlH][C]1([C@@]2(O)CCNC2)CCCC1. The molecule has 1 saturated carbocycles. The van der Waals surface area contributed by atoms with E-state index < -0.39 is 0 Å². The van der Waals surface area contributed by atoms with Gasteiger partial charge in [-0.1, -0.05) is 25.7 Å². The van der Waals surface area contributed by atoms with Crippen molar-refractivity contribution in [3.05, 3.63) is 0 Å². The van der Waals surface area contributed by atoms with Crippen LogP contribution in [0.4, 0.5) is 0 Å². The average molecular weight is 197 g/mol. The predicted molar refractivity (Wildman–Crippen MR) is 56.6 cm³/mol. The van der Waals surface area contributed by atoms with Gasteiger partial charge in [0.25, 0.3) is 0 Å². The molecule has 0 amide bonds. The van der Waals surface area contributed by atoms with Crippen LogP contribution in [0.25, 0.3) is 0 Å². The first-order valence-corrected chi connectivity index (χ1v) is 7.78. The van der Waals surface area contributed by atoms with Gasteiger partial charge in [-0.2, -0.15) is 0 Å². The summed E-state index contributed by atoms with van der Waals surface area (Å²) in [6.45, 7) is 1.88. The summed E-state index contributed by atoms with van der Waals surface area (Å²) < 4.78 is 0.385. The average Bonchev–Trinajstić information content (AvgIpc) is 2.73. The Hall–Kier alpha value is 0.452. The molecule has 0 spiro atoms. The zero-order valence-electron chi connectivity index (χ0n) is 8.60. The third-order valence-corrected chi connectivity index (χ3v) is 7.08. The highest BCUT2D eigenvalue weighted by Gasteiger charge is 2.51. The van der Waals surface area contributed by atoms with Crippen LogP contribution in [0.1, 0.15) is 32.1 Å². The molecule has 2 nitrogen and oxygen atoms in total. The molecular weight excluding hydrogens is 177 g/mol. The third kappa shape index (κ3) is 1.47. The van der Waals surface area contributed by atoms with Crippen LogP contribution in [-0.2, 0) is 0 Å². The Morgan fingerprint density at radius 2 is 1.92 bits per heavy atom. The van der Waals surface area contributed by atoms with Gasteiger partial charge in [0, 0.05) is 6.54 Å². The number of aliphatic hydroxyl groups is 1. The summed E-state index contributed by atoms with van der Waals surface area (Å²) in [5.74, 6) is 2.38. The molecule has 0 bridgehead atoms. The van der Waals surface area contributed by atoms with E-state index in [9.17, 15) is 5.11 Å². The molecule has 1 saturated heterocycles. The maximum atomic E-state index is 10.6. The second-order valence-electron chi connectivity index (χ2n) is 4.80. The molecule has 2 fully saturated rings. The van der Waals surface area contributed by atoms with Crippen molar-refractivity contribution in [1.82, 2.24) is 5.32 Å². The van der Waals surface area contributed by atoms with Gasteiger partial charge in [-0.15, -0.1) is 5.79 Å². The van der Waals surface area contributed by atoms with Gasteiger partial charge in [0.15, 0.2) is 0 Å². The summed E-state index contributed by atoms with van der Waals surface area (Å²) in [4.78, 5) is 0. The molecule has 3 heteroatoms. The first-order chi connectivity index (χ1) is 6.22. The molecule has 2 N–H and O–H groups in total. The summed E-state index contributed by atoms with van der Waals surface area (Å²) >= 11 is -0.0925. The van der Waals surface area contributed by atoms with E-state index in [0.717, 1.165) is 19.5 Å². The van der Waals surface area contributed by atoms with Gasteiger partial charge in [-0.05, 0) is 17.2 Å². The lowest BCUT2D eigenvalue weighted by atomic mass is 9.84. The Kier molecular flexibility index (Phi) is 2.73. The first kappa shape index (κ1) is 9.99. The molecule has 0 aromatic rings. The van der Waals surface area contributed by atoms with Crippen molar-refractivity contribution in [2.75, 3.05) is 13.1 Å². The fourth-order valence-electron chi connectivity index (χ4n) is 3.33. The topological polar surface area (TPSA) is 32.3 Å². The van der Waals surface area contributed by atoms with Crippen LogP contribution in [-0.4, -0.2) is 39.0 Å². The van der Waals surface area contributed by atoms with E-state index in [-0.39, 0.29) is 20.8 Å². The lowest BCUT2D eigenvalue weighted by Crippen LogP contribution is -2.46. The molecule has 0 radical (unpaired) electrons. The van der Waals surface area contributed by atoms with E-state index in [1.165, 1.54) is 25.7 Å². The van der Waals surface area contributed by atoms with Crippen molar-refractivity contribution < 1.29 is 5.11 Å². The zero-order chi connectivity index (χ0) is 9.36. The standard InChI is InChI=1S/C9H16NO.CH3.Al.H/c11-9(5-6-10-7-9)8-3-1-2-4-8;;;/h10-11H,1-7H2;1H3;;/t9-;;;/m1.../s1. The zero-order valence-corrected chi connectivity index (χ0v) is 10.0. The first-order valence-electron chi connectivity index (χ1n) is 5.66.